The van der Waals surface area contributed by atoms with E-state index < -0.39 is 5.97 Å². The van der Waals surface area contributed by atoms with Crippen LogP contribution in [0, 0.1) is 6.92 Å². The number of halogens is 1. The summed E-state index contributed by atoms with van der Waals surface area (Å²) in [6, 6.07) is 1.69. The van der Waals surface area contributed by atoms with Gasteiger partial charge in [0, 0.05) is 18.7 Å². The quantitative estimate of drug-likeness (QED) is 0.428. The van der Waals surface area contributed by atoms with Gasteiger partial charge in [-0.3, -0.25) is 4.98 Å². The van der Waals surface area contributed by atoms with Crippen molar-refractivity contribution in [1.82, 2.24) is 4.98 Å². The fourth-order valence-electron chi connectivity index (χ4n) is 0.753. The highest BCUT2D eigenvalue weighted by molar-refractivity contribution is 6.31. The van der Waals surface area contributed by atoms with Crippen molar-refractivity contribution in [3.8, 4) is 0 Å². The number of rotatable bonds is 2. The molecule has 0 aliphatic carbocycles. The molecule has 0 aromatic carbocycles. The van der Waals surface area contributed by atoms with Gasteiger partial charge in [-0.2, -0.15) is 0 Å². The Balaban J connectivity index is 2.73. The Morgan fingerprint density at radius 2 is 2.43 bits per heavy atom. The molecule has 0 radical (unpaired) electrons. The van der Waals surface area contributed by atoms with E-state index in [2.05, 4.69) is 15.0 Å². The maximum atomic E-state index is 10.4. The van der Waals surface area contributed by atoms with Gasteiger partial charge in [0.2, 0.25) is 0 Å². The standard InChI is InChI=1S/C9H9ClN2O2/c1-6-9(10)3-8(4-11-6)5-12-14-7(2)13/h3-5H,1-2H3. The van der Waals surface area contributed by atoms with E-state index in [0.717, 1.165) is 5.69 Å². The largest absolute Gasteiger partial charge is 0.331 e. The van der Waals surface area contributed by atoms with Crippen LogP contribution in [0.3, 0.4) is 0 Å². The normalized spacial score (nSPS) is 10.5. The van der Waals surface area contributed by atoms with Crippen molar-refractivity contribution in [2.45, 2.75) is 13.8 Å². The van der Waals surface area contributed by atoms with E-state index in [1.165, 1.54) is 13.1 Å². The molecule has 0 atom stereocenters. The fourth-order valence-corrected chi connectivity index (χ4v) is 0.928. The molecule has 5 heteroatoms. The zero-order valence-electron chi connectivity index (χ0n) is 7.82. The van der Waals surface area contributed by atoms with Crippen molar-refractivity contribution in [3.63, 3.8) is 0 Å². The molecule has 1 aromatic rings. The van der Waals surface area contributed by atoms with E-state index in [0.29, 0.717) is 10.6 Å². The van der Waals surface area contributed by atoms with Crippen molar-refractivity contribution in [1.29, 1.82) is 0 Å². The summed E-state index contributed by atoms with van der Waals surface area (Å²) in [5, 5.41) is 3.99. The van der Waals surface area contributed by atoms with Crippen molar-refractivity contribution < 1.29 is 9.63 Å². The highest BCUT2D eigenvalue weighted by atomic mass is 35.5. The summed E-state index contributed by atoms with van der Waals surface area (Å²) in [5.41, 5.74) is 1.43. The van der Waals surface area contributed by atoms with Crippen LogP contribution in [0.5, 0.6) is 0 Å². The Hall–Kier alpha value is -1.42. The van der Waals surface area contributed by atoms with Gasteiger partial charge in [-0.05, 0) is 13.0 Å². The van der Waals surface area contributed by atoms with Gasteiger partial charge in [-0.1, -0.05) is 16.8 Å². The number of carbonyl (C=O) groups excluding carboxylic acids is 1. The van der Waals surface area contributed by atoms with Crippen molar-refractivity contribution in [2.24, 2.45) is 5.16 Å². The first-order valence-corrected chi connectivity index (χ1v) is 4.30. The summed E-state index contributed by atoms with van der Waals surface area (Å²) >= 11 is 5.82. The topological polar surface area (TPSA) is 51.5 Å². The summed E-state index contributed by atoms with van der Waals surface area (Å²) in [4.78, 5) is 18.8. The summed E-state index contributed by atoms with van der Waals surface area (Å²) < 4.78 is 0. The number of aromatic nitrogens is 1. The molecule has 1 heterocycles. The molecule has 0 N–H and O–H groups in total. The molecule has 0 bridgehead atoms. The second-order valence-electron chi connectivity index (χ2n) is 2.65. The Morgan fingerprint density at radius 1 is 1.71 bits per heavy atom. The van der Waals surface area contributed by atoms with Crippen LogP contribution in [0.4, 0.5) is 0 Å². The lowest BCUT2D eigenvalue weighted by molar-refractivity contribution is -0.140. The molecular weight excluding hydrogens is 204 g/mol. The highest BCUT2D eigenvalue weighted by Crippen LogP contribution is 2.12. The lowest BCUT2D eigenvalue weighted by atomic mass is 10.3. The molecule has 0 unspecified atom stereocenters. The second kappa shape index (κ2) is 4.72. The van der Waals surface area contributed by atoms with Crippen molar-refractivity contribution in [3.05, 3.63) is 28.5 Å². The summed E-state index contributed by atoms with van der Waals surface area (Å²) in [6.07, 6.45) is 2.97. The third-order valence-electron chi connectivity index (χ3n) is 1.43. The molecule has 14 heavy (non-hydrogen) atoms. The van der Waals surface area contributed by atoms with E-state index in [4.69, 9.17) is 11.6 Å². The van der Waals surface area contributed by atoms with Crippen LogP contribution in [-0.4, -0.2) is 17.2 Å². The maximum Gasteiger partial charge on any atom is 0.331 e. The number of pyridine rings is 1. The minimum absolute atomic E-state index is 0.465. The lowest BCUT2D eigenvalue weighted by Crippen LogP contribution is -1.93. The van der Waals surface area contributed by atoms with Crippen LogP contribution < -0.4 is 0 Å². The SMILES string of the molecule is CC(=O)ON=Cc1cnc(C)c(Cl)c1. The second-order valence-corrected chi connectivity index (χ2v) is 3.06. The summed E-state index contributed by atoms with van der Waals surface area (Å²) in [7, 11) is 0. The van der Waals surface area contributed by atoms with Crippen LogP contribution in [0.25, 0.3) is 0 Å². The first-order chi connectivity index (χ1) is 6.59. The predicted molar refractivity (Wildman–Crippen MR) is 53.3 cm³/mol. The third-order valence-corrected chi connectivity index (χ3v) is 1.81. The van der Waals surface area contributed by atoms with Gasteiger partial charge in [-0.15, -0.1) is 0 Å². The Kier molecular flexibility index (Phi) is 3.59. The minimum Gasteiger partial charge on any atom is -0.319 e. The first-order valence-electron chi connectivity index (χ1n) is 3.92. The van der Waals surface area contributed by atoms with Gasteiger partial charge >= 0.3 is 5.97 Å². The van der Waals surface area contributed by atoms with Crippen LogP contribution in [-0.2, 0) is 9.63 Å². The number of oxime groups is 1. The number of carbonyl (C=O) groups is 1. The van der Waals surface area contributed by atoms with Crippen molar-refractivity contribution in [2.75, 3.05) is 0 Å². The van der Waals surface area contributed by atoms with Gasteiger partial charge in [0.1, 0.15) is 0 Å². The number of hydrogen-bond acceptors (Lipinski definition) is 4. The summed E-state index contributed by atoms with van der Waals surface area (Å²) in [5.74, 6) is -0.465. The van der Waals surface area contributed by atoms with E-state index in [-0.39, 0.29) is 0 Å². The van der Waals surface area contributed by atoms with Gasteiger partial charge in [-0.25, -0.2) is 4.79 Å². The molecule has 4 nitrogen and oxygen atoms in total. The molecule has 0 saturated heterocycles. The molecule has 0 amide bonds. The average molecular weight is 213 g/mol. The number of nitrogens with zero attached hydrogens (tertiary/aromatic N) is 2. The first kappa shape index (κ1) is 10.7. The van der Waals surface area contributed by atoms with Gasteiger partial charge in [0.15, 0.2) is 0 Å². The Bertz CT molecular complexity index is 377. The molecular formula is C9H9ClN2O2. The number of aryl methyl sites for hydroxylation is 1. The molecule has 0 spiro atoms. The Labute approximate surface area is 86.5 Å². The van der Waals surface area contributed by atoms with Crippen LogP contribution in [0.2, 0.25) is 5.02 Å². The lowest BCUT2D eigenvalue weighted by Gasteiger charge is -1.96. The highest BCUT2D eigenvalue weighted by Gasteiger charge is 1.97. The minimum atomic E-state index is -0.465. The molecule has 0 aliphatic rings. The van der Waals surface area contributed by atoms with Crippen LogP contribution in [0.1, 0.15) is 18.2 Å². The van der Waals surface area contributed by atoms with Crippen molar-refractivity contribution >= 4 is 23.8 Å². The van der Waals surface area contributed by atoms with Gasteiger partial charge < -0.3 is 4.84 Å². The van der Waals surface area contributed by atoms with E-state index in [1.807, 2.05) is 0 Å². The maximum absolute atomic E-state index is 10.4. The Morgan fingerprint density at radius 3 is 3.00 bits per heavy atom. The van der Waals surface area contributed by atoms with Crippen LogP contribution >= 0.6 is 11.6 Å². The smallest absolute Gasteiger partial charge is 0.319 e. The van der Waals surface area contributed by atoms with Gasteiger partial charge in [0.05, 0.1) is 16.9 Å². The van der Waals surface area contributed by atoms with Gasteiger partial charge in [0.25, 0.3) is 0 Å². The van der Waals surface area contributed by atoms with E-state index >= 15 is 0 Å². The molecule has 1 aromatic heterocycles. The van der Waals surface area contributed by atoms with Crippen LogP contribution in [0.15, 0.2) is 17.4 Å². The molecule has 0 fully saturated rings. The monoisotopic (exact) mass is 212 g/mol. The predicted octanol–water partition coefficient (Wildman–Crippen LogP) is 1.94. The zero-order chi connectivity index (χ0) is 10.6. The molecule has 0 aliphatic heterocycles. The molecule has 1 rings (SSSR count). The average Bonchev–Trinajstić information content (AvgIpc) is 2.10. The van der Waals surface area contributed by atoms with E-state index in [9.17, 15) is 4.79 Å². The molecule has 0 saturated carbocycles. The summed E-state index contributed by atoms with van der Waals surface area (Å²) in [6.45, 7) is 3.08. The third kappa shape index (κ3) is 3.14. The van der Waals surface area contributed by atoms with E-state index in [1.54, 1.807) is 19.2 Å². The molecule has 74 valence electrons. The number of hydrogen-bond donors (Lipinski definition) is 0. The zero-order valence-corrected chi connectivity index (χ0v) is 8.58. The fraction of sp³-hybridized carbons (Fsp3) is 0.222.